The van der Waals surface area contributed by atoms with Crippen molar-refractivity contribution in [1.82, 2.24) is 0 Å². The van der Waals surface area contributed by atoms with Crippen LogP contribution in [0.15, 0.2) is 72.8 Å². The van der Waals surface area contributed by atoms with Gasteiger partial charge in [0.05, 0.1) is 19.3 Å². The largest absolute Gasteiger partial charge is 0.466 e. The molecular formula is C25H34O4Si. The lowest BCUT2D eigenvalue weighted by Crippen LogP contribution is -2.67. The number of rotatable bonds is 9. The van der Waals surface area contributed by atoms with Gasteiger partial charge < -0.3 is 14.3 Å². The fourth-order valence-electron chi connectivity index (χ4n) is 3.90. The molecule has 30 heavy (non-hydrogen) atoms. The summed E-state index contributed by atoms with van der Waals surface area (Å²) in [4.78, 5) is 11.5. The molecule has 2 atom stereocenters. The lowest BCUT2D eigenvalue weighted by Gasteiger charge is -2.45. The minimum absolute atomic E-state index is 0.154. The summed E-state index contributed by atoms with van der Waals surface area (Å²) in [6.07, 6.45) is 3.44. The molecule has 0 radical (unpaired) electrons. The van der Waals surface area contributed by atoms with Gasteiger partial charge in [0.15, 0.2) is 0 Å². The molecule has 0 fully saturated rings. The van der Waals surface area contributed by atoms with Crippen LogP contribution >= 0.6 is 0 Å². The van der Waals surface area contributed by atoms with Crippen LogP contribution in [0.1, 0.15) is 40.5 Å². The molecule has 1 N–H and O–H groups in total. The van der Waals surface area contributed by atoms with Crippen LogP contribution in [0, 0.1) is 0 Å². The van der Waals surface area contributed by atoms with E-state index in [1.807, 2.05) is 12.1 Å². The Bertz CT molecular complexity index is 771. The lowest BCUT2D eigenvalue weighted by atomic mass is 10.1. The Morgan fingerprint density at radius 2 is 1.53 bits per heavy atom. The molecule has 0 saturated carbocycles. The highest BCUT2D eigenvalue weighted by molar-refractivity contribution is 6.99. The van der Waals surface area contributed by atoms with Gasteiger partial charge in [-0.15, -0.1) is 0 Å². The lowest BCUT2D eigenvalue weighted by molar-refractivity contribution is -0.134. The summed E-state index contributed by atoms with van der Waals surface area (Å²) in [6.45, 7) is 8.45. The fraction of sp³-hybridized carbons (Fsp3) is 0.400. The Balaban J connectivity index is 2.56. The Hall–Kier alpha value is -2.21. The Labute approximate surface area is 181 Å². The molecular weight excluding hydrogens is 392 g/mol. The third-order valence-electron chi connectivity index (χ3n) is 5.22. The minimum Gasteiger partial charge on any atom is -0.466 e. The van der Waals surface area contributed by atoms with Crippen molar-refractivity contribution in [2.24, 2.45) is 0 Å². The highest BCUT2D eigenvalue weighted by Gasteiger charge is 2.51. The molecule has 4 nitrogen and oxygen atoms in total. The molecule has 0 saturated heterocycles. The van der Waals surface area contributed by atoms with E-state index in [-0.39, 0.29) is 11.1 Å². The van der Waals surface area contributed by atoms with Gasteiger partial charge in [-0.25, -0.2) is 4.79 Å². The average molecular weight is 427 g/mol. The average Bonchev–Trinajstić information content (AvgIpc) is 2.71. The van der Waals surface area contributed by atoms with Gasteiger partial charge in [0.2, 0.25) is 0 Å². The van der Waals surface area contributed by atoms with Crippen LogP contribution in [0.2, 0.25) is 5.04 Å². The monoisotopic (exact) mass is 426 g/mol. The SMILES string of the molecule is COC(=O)/C=C\C[C@@H](C[C@@H](C)O)O[Si](c1ccccc1)(c1ccccc1)C(C)(C)C. The van der Waals surface area contributed by atoms with E-state index in [1.165, 1.54) is 23.6 Å². The second-order valence-electron chi connectivity index (χ2n) is 8.65. The molecule has 2 aromatic rings. The molecule has 0 aromatic heterocycles. The van der Waals surface area contributed by atoms with Crippen molar-refractivity contribution >= 4 is 24.7 Å². The normalized spacial score (nSPS) is 14.5. The van der Waals surface area contributed by atoms with E-state index in [9.17, 15) is 9.90 Å². The van der Waals surface area contributed by atoms with E-state index >= 15 is 0 Å². The van der Waals surface area contributed by atoms with E-state index in [0.717, 1.165) is 0 Å². The van der Waals surface area contributed by atoms with Crippen LogP contribution in [0.5, 0.6) is 0 Å². The summed E-state index contributed by atoms with van der Waals surface area (Å²) < 4.78 is 11.8. The predicted molar refractivity (Wildman–Crippen MR) is 125 cm³/mol. The van der Waals surface area contributed by atoms with Crippen LogP contribution in [0.25, 0.3) is 0 Å². The molecule has 0 aliphatic carbocycles. The molecule has 0 bridgehead atoms. The van der Waals surface area contributed by atoms with Crippen molar-refractivity contribution < 1.29 is 19.1 Å². The smallest absolute Gasteiger partial charge is 0.330 e. The van der Waals surface area contributed by atoms with Gasteiger partial charge in [-0.2, -0.15) is 0 Å². The van der Waals surface area contributed by atoms with Crippen molar-refractivity contribution in [3.8, 4) is 0 Å². The topological polar surface area (TPSA) is 55.8 Å². The summed E-state index contributed by atoms with van der Waals surface area (Å²) in [7, 11) is -1.37. The fourth-order valence-corrected chi connectivity index (χ4v) is 8.61. The predicted octanol–water partition coefficient (Wildman–Crippen LogP) is 3.82. The third kappa shape index (κ3) is 5.91. The van der Waals surface area contributed by atoms with Gasteiger partial charge in [0.1, 0.15) is 0 Å². The van der Waals surface area contributed by atoms with Gasteiger partial charge in [-0.1, -0.05) is 87.5 Å². The first-order valence-corrected chi connectivity index (χ1v) is 12.3. The number of aliphatic hydroxyl groups excluding tert-OH is 1. The van der Waals surface area contributed by atoms with Crippen molar-refractivity contribution in [3.05, 3.63) is 72.8 Å². The van der Waals surface area contributed by atoms with E-state index in [4.69, 9.17) is 9.16 Å². The molecule has 0 heterocycles. The molecule has 0 aliphatic rings. The van der Waals surface area contributed by atoms with Crippen LogP contribution in [-0.4, -0.2) is 38.7 Å². The van der Waals surface area contributed by atoms with Crippen molar-refractivity contribution in [1.29, 1.82) is 0 Å². The Morgan fingerprint density at radius 3 is 1.93 bits per heavy atom. The van der Waals surface area contributed by atoms with Gasteiger partial charge in [-0.3, -0.25) is 0 Å². The van der Waals surface area contributed by atoms with Crippen LogP contribution < -0.4 is 10.4 Å². The number of aliphatic hydroxyl groups is 1. The maximum absolute atomic E-state index is 11.5. The quantitative estimate of drug-likeness (QED) is 0.376. The molecule has 0 amide bonds. The number of hydrogen-bond acceptors (Lipinski definition) is 4. The summed E-state index contributed by atoms with van der Waals surface area (Å²) >= 11 is 0. The molecule has 2 rings (SSSR count). The number of benzene rings is 2. The summed E-state index contributed by atoms with van der Waals surface area (Å²) in [5.74, 6) is -0.392. The third-order valence-corrected chi connectivity index (χ3v) is 10.3. The number of hydrogen-bond donors (Lipinski definition) is 1. The number of methoxy groups -OCH3 is 1. The molecule has 162 valence electrons. The maximum atomic E-state index is 11.5. The first-order chi connectivity index (χ1) is 14.2. The molecule has 0 spiro atoms. The van der Waals surface area contributed by atoms with Crippen LogP contribution in [0.3, 0.4) is 0 Å². The summed E-state index contributed by atoms with van der Waals surface area (Å²) in [6, 6.07) is 20.8. The molecule has 0 aliphatic heterocycles. The summed E-state index contributed by atoms with van der Waals surface area (Å²) in [5.41, 5.74) is 0. The Morgan fingerprint density at radius 1 is 1.03 bits per heavy atom. The minimum atomic E-state index is -2.73. The Kier molecular flexibility index (Phi) is 8.59. The highest BCUT2D eigenvalue weighted by Crippen LogP contribution is 2.38. The first kappa shape index (κ1) is 24.1. The number of carbonyl (C=O) groups excluding carboxylic acids is 1. The summed E-state index contributed by atoms with van der Waals surface area (Å²) in [5, 5.41) is 12.4. The van der Waals surface area contributed by atoms with E-state index in [2.05, 4.69) is 69.3 Å². The molecule has 5 heteroatoms. The second kappa shape index (κ2) is 10.7. The van der Waals surface area contributed by atoms with Crippen LogP contribution in [-0.2, 0) is 14.0 Å². The van der Waals surface area contributed by atoms with E-state index in [0.29, 0.717) is 12.8 Å². The molecule has 2 aromatic carbocycles. The zero-order valence-electron chi connectivity index (χ0n) is 18.7. The van der Waals surface area contributed by atoms with Gasteiger partial charge >= 0.3 is 5.97 Å². The number of ether oxygens (including phenoxy) is 1. The standard InChI is InChI=1S/C25H34O4Si/c1-20(26)19-21(13-12-18-24(27)28-5)29-30(25(2,3)4,22-14-8-6-9-15-22)23-16-10-7-11-17-23/h6-12,14-18,20-21,26H,13,19H2,1-5H3/b18-12-/t20-,21+/m1/s1. The van der Waals surface area contributed by atoms with Crippen molar-refractivity contribution in [3.63, 3.8) is 0 Å². The van der Waals surface area contributed by atoms with Crippen LogP contribution in [0.4, 0.5) is 0 Å². The van der Waals surface area contributed by atoms with Gasteiger partial charge in [0, 0.05) is 6.08 Å². The molecule has 0 unspecified atom stereocenters. The van der Waals surface area contributed by atoms with Crippen molar-refractivity contribution in [2.75, 3.05) is 7.11 Å². The van der Waals surface area contributed by atoms with Crippen molar-refractivity contribution in [2.45, 2.75) is 57.8 Å². The number of esters is 1. The zero-order valence-corrected chi connectivity index (χ0v) is 19.7. The van der Waals surface area contributed by atoms with E-state index in [1.54, 1.807) is 13.0 Å². The van der Waals surface area contributed by atoms with E-state index < -0.39 is 20.4 Å². The van der Waals surface area contributed by atoms with Gasteiger partial charge in [0.25, 0.3) is 8.32 Å². The number of carbonyl (C=O) groups is 1. The van der Waals surface area contributed by atoms with Gasteiger partial charge in [-0.05, 0) is 35.2 Å². The second-order valence-corrected chi connectivity index (χ2v) is 12.9. The zero-order chi connectivity index (χ0) is 22.2. The maximum Gasteiger partial charge on any atom is 0.330 e. The first-order valence-electron chi connectivity index (χ1n) is 10.4. The highest BCUT2D eigenvalue weighted by atomic mass is 28.4.